The number of carbonyl (C=O) groups is 2. The average molecular weight is 642 g/mol. The number of aromatic nitrogens is 2. The van der Waals surface area contributed by atoms with Crippen molar-refractivity contribution in [2.45, 2.75) is 65.1 Å². The highest BCUT2D eigenvalue weighted by atomic mass is 19.4. The van der Waals surface area contributed by atoms with Gasteiger partial charge in [-0.25, -0.2) is 0 Å². The molecule has 3 aromatic rings. The van der Waals surface area contributed by atoms with Gasteiger partial charge in [0, 0.05) is 37.7 Å². The molecule has 9 nitrogen and oxygen atoms in total. The third-order valence-electron chi connectivity index (χ3n) is 7.94. The summed E-state index contributed by atoms with van der Waals surface area (Å²) in [5.74, 6) is 0.373. The topological polar surface area (TPSA) is 96.9 Å². The SMILES string of the molecule is CCOc1ncnc(OCC)c1N(CC)C(=O)CCCCN1CCC(NC(=O)c2ccccc2-c2ccc(C(F)(F)F)cc2)CC1. The number of amides is 2. The zero-order valence-electron chi connectivity index (χ0n) is 26.6. The molecule has 0 saturated carbocycles. The van der Waals surface area contributed by atoms with Gasteiger partial charge in [-0.15, -0.1) is 0 Å². The van der Waals surface area contributed by atoms with Crippen molar-refractivity contribution in [2.75, 3.05) is 44.3 Å². The highest BCUT2D eigenvalue weighted by Gasteiger charge is 2.30. The quantitative estimate of drug-likeness (QED) is 0.204. The van der Waals surface area contributed by atoms with Crippen LogP contribution in [0.2, 0.25) is 0 Å². The molecule has 1 aromatic heterocycles. The van der Waals surface area contributed by atoms with Gasteiger partial charge in [-0.3, -0.25) is 9.59 Å². The van der Waals surface area contributed by atoms with Crippen LogP contribution in [0.4, 0.5) is 18.9 Å². The van der Waals surface area contributed by atoms with Gasteiger partial charge in [0.2, 0.25) is 17.7 Å². The predicted octanol–water partition coefficient (Wildman–Crippen LogP) is 6.38. The van der Waals surface area contributed by atoms with Crippen LogP contribution in [-0.2, 0) is 11.0 Å². The molecule has 1 N–H and O–H groups in total. The van der Waals surface area contributed by atoms with Crippen LogP contribution in [0, 0.1) is 0 Å². The molecule has 46 heavy (non-hydrogen) atoms. The minimum atomic E-state index is -4.42. The lowest BCUT2D eigenvalue weighted by molar-refractivity contribution is -0.137. The van der Waals surface area contributed by atoms with Gasteiger partial charge in [-0.1, -0.05) is 30.3 Å². The number of nitrogens with one attached hydrogen (secondary N) is 1. The third-order valence-corrected chi connectivity index (χ3v) is 7.94. The average Bonchev–Trinajstić information content (AvgIpc) is 3.05. The number of nitrogens with zero attached hydrogens (tertiary/aromatic N) is 4. The minimum Gasteiger partial charge on any atom is -0.476 e. The molecule has 1 saturated heterocycles. The molecule has 2 amide bonds. The van der Waals surface area contributed by atoms with Crippen molar-refractivity contribution in [3.05, 3.63) is 66.0 Å². The Morgan fingerprint density at radius 3 is 2.15 bits per heavy atom. The number of carbonyl (C=O) groups excluding carboxylic acids is 2. The zero-order valence-corrected chi connectivity index (χ0v) is 26.6. The molecule has 12 heteroatoms. The number of piperidine rings is 1. The maximum absolute atomic E-state index is 13.2. The van der Waals surface area contributed by atoms with Crippen molar-refractivity contribution >= 4 is 17.5 Å². The maximum Gasteiger partial charge on any atom is 0.416 e. The van der Waals surface area contributed by atoms with E-state index in [0.717, 1.165) is 51.0 Å². The molecule has 0 atom stereocenters. The fourth-order valence-corrected chi connectivity index (χ4v) is 5.60. The lowest BCUT2D eigenvalue weighted by Crippen LogP contribution is -2.45. The van der Waals surface area contributed by atoms with Crippen LogP contribution in [0.25, 0.3) is 11.1 Å². The summed E-state index contributed by atoms with van der Waals surface area (Å²) in [5.41, 5.74) is 1.30. The van der Waals surface area contributed by atoms with E-state index in [1.807, 2.05) is 20.8 Å². The van der Waals surface area contributed by atoms with E-state index in [9.17, 15) is 22.8 Å². The van der Waals surface area contributed by atoms with Crippen LogP contribution in [0.1, 0.15) is 68.8 Å². The summed E-state index contributed by atoms with van der Waals surface area (Å²) >= 11 is 0. The first-order valence-electron chi connectivity index (χ1n) is 15.9. The molecule has 0 spiro atoms. The number of unbranched alkanes of at least 4 members (excludes halogenated alkanes) is 1. The Kier molecular flexibility index (Phi) is 12.4. The smallest absolute Gasteiger partial charge is 0.416 e. The van der Waals surface area contributed by atoms with Crippen LogP contribution < -0.4 is 19.7 Å². The molecule has 4 rings (SSSR count). The molecule has 0 unspecified atom stereocenters. The minimum absolute atomic E-state index is 0.00346. The monoisotopic (exact) mass is 641 g/mol. The number of halogens is 3. The largest absolute Gasteiger partial charge is 0.476 e. The molecule has 248 valence electrons. The predicted molar refractivity (Wildman–Crippen MR) is 170 cm³/mol. The fraction of sp³-hybridized carbons (Fsp3) is 0.471. The van der Waals surface area contributed by atoms with Crippen molar-refractivity contribution < 1.29 is 32.2 Å². The number of anilines is 1. The van der Waals surface area contributed by atoms with Crippen molar-refractivity contribution in [3.63, 3.8) is 0 Å². The van der Waals surface area contributed by atoms with Gasteiger partial charge >= 0.3 is 6.18 Å². The van der Waals surface area contributed by atoms with Crippen LogP contribution in [0.3, 0.4) is 0 Å². The van der Waals surface area contributed by atoms with Crippen LogP contribution in [0.15, 0.2) is 54.9 Å². The standard InChI is InChI=1S/C34H42F3N5O4/c1-4-42(30-32(45-5-2)38-23-39-33(30)46-6-3)29(43)13-9-10-20-41-21-18-26(19-22-41)40-31(44)28-12-8-7-11-27(28)24-14-16-25(17-15-24)34(35,36)37/h7-8,11-12,14-17,23,26H,4-6,9-10,13,18-22H2,1-3H3,(H,40,44). The van der Waals surface area contributed by atoms with E-state index in [-0.39, 0.29) is 17.9 Å². The maximum atomic E-state index is 13.2. The first kappa shape index (κ1) is 34.7. The van der Waals surface area contributed by atoms with Crippen molar-refractivity contribution in [1.29, 1.82) is 0 Å². The van der Waals surface area contributed by atoms with Crippen LogP contribution >= 0.6 is 0 Å². The van der Waals surface area contributed by atoms with E-state index in [2.05, 4.69) is 20.2 Å². The van der Waals surface area contributed by atoms with E-state index in [1.54, 1.807) is 29.2 Å². The molecule has 0 bridgehead atoms. The summed E-state index contributed by atoms with van der Waals surface area (Å²) in [4.78, 5) is 38.8. The van der Waals surface area contributed by atoms with Gasteiger partial charge in [0.1, 0.15) is 6.33 Å². The summed E-state index contributed by atoms with van der Waals surface area (Å²) in [6, 6.07) is 11.8. The number of rotatable bonds is 14. The molecule has 1 fully saturated rings. The molecule has 2 heterocycles. The summed E-state index contributed by atoms with van der Waals surface area (Å²) in [7, 11) is 0. The number of hydrogen-bond donors (Lipinski definition) is 1. The van der Waals surface area contributed by atoms with Gasteiger partial charge in [-0.05, 0) is 82.3 Å². The number of alkyl halides is 3. The lowest BCUT2D eigenvalue weighted by Gasteiger charge is -2.32. The van der Waals surface area contributed by atoms with Crippen LogP contribution in [0.5, 0.6) is 11.8 Å². The molecular weight excluding hydrogens is 599 g/mol. The second-order valence-corrected chi connectivity index (χ2v) is 11.0. The Hall–Kier alpha value is -4.19. The van der Waals surface area contributed by atoms with Gasteiger partial charge in [0.05, 0.1) is 18.8 Å². The van der Waals surface area contributed by atoms with E-state index in [4.69, 9.17) is 9.47 Å². The fourth-order valence-electron chi connectivity index (χ4n) is 5.60. The Morgan fingerprint density at radius 2 is 1.57 bits per heavy atom. The number of benzene rings is 2. The van der Waals surface area contributed by atoms with Gasteiger partial charge in [-0.2, -0.15) is 23.1 Å². The van der Waals surface area contributed by atoms with Crippen molar-refractivity contribution in [1.82, 2.24) is 20.2 Å². The molecule has 1 aliphatic heterocycles. The number of hydrogen-bond acceptors (Lipinski definition) is 7. The number of likely N-dealkylation sites (tertiary alicyclic amines) is 1. The van der Waals surface area contributed by atoms with E-state index in [1.165, 1.54) is 18.5 Å². The first-order chi connectivity index (χ1) is 22.2. The summed E-state index contributed by atoms with van der Waals surface area (Å²) in [5, 5.41) is 3.12. The Morgan fingerprint density at radius 1 is 0.935 bits per heavy atom. The van der Waals surface area contributed by atoms with Crippen molar-refractivity contribution in [2.24, 2.45) is 0 Å². The molecule has 0 aliphatic carbocycles. The Balaban J connectivity index is 1.25. The van der Waals surface area contributed by atoms with E-state index >= 15 is 0 Å². The first-order valence-corrected chi connectivity index (χ1v) is 15.9. The van der Waals surface area contributed by atoms with E-state index in [0.29, 0.717) is 66.7 Å². The summed E-state index contributed by atoms with van der Waals surface area (Å²) in [6.07, 6.45) is 0.450. The molecule has 1 aliphatic rings. The molecular formula is C34H42F3N5O4. The Labute approximate surface area is 268 Å². The second kappa shape index (κ2) is 16.4. The highest BCUT2D eigenvalue weighted by molar-refractivity contribution is 6.01. The molecule has 2 aromatic carbocycles. The number of ether oxygens (including phenoxy) is 2. The lowest BCUT2D eigenvalue weighted by atomic mass is 9.97. The van der Waals surface area contributed by atoms with Crippen LogP contribution in [-0.4, -0.2) is 72.1 Å². The van der Waals surface area contributed by atoms with Gasteiger partial charge in [0.25, 0.3) is 5.91 Å². The van der Waals surface area contributed by atoms with E-state index < -0.39 is 11.7 Å². The van der Waals surface area contributed by atoms with Gasteiger partial charge in [0.15, 0.2) is 5.69 Å². The highest BCUT2D eigenvalue weighted by Crippen LogP contribution is 2.35. The summed E-state index contributed by atoms with van der Waals surface area (Å²) in [6.45, 7) is 9.32. The summed E-state index contributed by atoms with van der Waals surface area (Å²) < 4.78 is 50.4. The Bertz CT molecular complexity index is 1420. The second-order valence-electron chi connectivity index (χ2n) is 11.0. The normalized spacial score (nSPS) is 14.1. The van der Waals surface area contributed by atoms with Gasteiger partial charge < -0.3 is 24.6 Å². The van der Waals surface area contributed by atoms with Crippen molar-refractivity contribution in [3.8, 4) is 22.9 Å². The third kappa shape index (κ3) is 8.96. The zero-order chi connectivity index (χ0) is 33.1. The molecule has 0 radical (unpaired) electrons.